The van der Waals surface area contributed by atoms with Gasteiger partial charge in [-0.05, 0) is 168 Å². The Bertz CT molecular complexity index is 4060. The molecule has 0 aliphatic rings. The van der Waals surface area contributed by atoms with E-state index in [-0.39, 0.29) is 0 Å². The van der Waals surface area contributed by atoms with E-state index in [0.717, 1.165) is 17.1 Å². The normalized spacial score (nSPS) is 11.7. The molecule has 3 heteroatoms. The Morgan fingerprint density at radius 2 is 0.549 bits per heavy atom. The van der Waals surface area contributed by atoms with Crippen LogP contribution in [0.25, 0.3) is 118 Å². The Morgan fingerprint density at radius 1 is 0.211 bits per heavy atom. The molecule has 0 atom stereocenters. The van der Waals surface area contributed by atoms with Gasteiger partial charge in [0.05, 0.1) is 0 Å². The number of benzene rings is 12. The lowest BCUT2D eigenvalue weighted by Crippen LogP contribution is -2.09. The van der Waals surface area contributed by atoms with Crippen LogP contribution in [0.4, 0.5) is 17.1 Å². The number of rotatable bonds is 8. The summed E-state index contributed by atoms with van der Waals surface area (Å²) >= 11 is 3.73. The lowest BCUT2D eigenvalue weighted by Gasteiger charge is -2.26. The Balaban J connectivity index is 0.885. The maximum Gasteiger partial charge on any atom is 0.0462 e. The monoisotopic (exact) mass is 937 g/mol. The molecule has 0 amide bonds. The molecule has 2 aromatic heterocycles. The van der Waals surface area contributed by atoms with E-state index in [1.165, 1.54) is 118 Å². The maximum absolute atomic E-state index is 2.39. The van der Waals surface area contributed by atoms with Crippen molar-refractivity contribution in [2.24, 2.45) is 0 Å². The highest BCUT2D eigenvalue weighted by Gasteiger charge is 2.17. The van der Waals surface area contributed by atoms with E-state index in [4.69, 9.17) is 0 Å². The lowest BCUT2D eigenvalue weighted by molar-refractivity contribution is 1.28. The van der Waals surface area contributed by atoms with Crippen LogP contribution in [0.5, 0.6) is 0 Å². The average molecular weight is 938 g/mol. The molecule has 0 N–H and O–H groups in total. The predicted molar refractivity (Wildman–Crippen MR) is 309 cm³/mol. The maximum atomic E-state index is 2.39. The Morgan fingerprint density at radius 3 is 1.00 bits per heavy atom. The first-order chi connectivity index (χ1) is 35.1. The highest BCUT2D eigenvalue weighted by molar-refractivity contribution is 7.26. The van der Waals surface area contributed by atoms with Crippen LogP contribution in [0.1, 0.15) is 0 Å². The molecule has 0 spiro atoms. The van der Waals surface area contributed by atoms with Gasteiger partial charge in [-0.1, -0.05) is 170 Å². The number of hydrogen-bond acceptors (Lipinski definition) is 3. The van der Waals surface area contributed by atoms with Crippen molar-refractivity contribution in [3.8, 4) is 55.6 Å². The quantitative estimate of drug-likeness (QED) is 0.147. The van der Waals surface area contributed by atoms with E-state index >= 15 is 0 Å². The van der Waals surface area contributed by atoms with Gasteiger partial charge in [-0.15, -0.1) is 22.7 Å². The minimum absolute atomic E-state index is 1.09. The van der Waals surface area contributed by atoms with Crippen molar-refractivity contribution in [3.63, 3.8) is 0 Å². The zero-order valence-corrected chi connectivity index (χ0v) is 40.2. The molecule has 2 heterocycles. The minimum Gasteiger partial charge on any atom is -0.311 e. The Labute approximate surface area is 420 Å². The van der Waals surface area contributed by atoms with E-state index < -0.39 is 0 Å². The van der Waals surface area contributed by atoms with Crippen LogP contribution in [0.15, 0.2) is 261 Å². The van der Waals surface area contributed by atoms with Crippen molar-refractivity contribution in [2.75, 3.05) is 4.90 Å². The summed E-state index contributed by atoms with van der Waals surface area (Å²) in [7, 11) is 0. The van der Waals surface area contributed by atoms with Crippen LogP contribution in [-0.2, 0) is 0 Å². The summed E-state index contributed by atoms with van der Waals surface area (Å²) in [6.07, 6.45) is 0. The first kappa shape index (κ1) is 41.4. The number of thiophene rings is 2. The van der Waals surface area contributed by atoms with Gasteiger partial charge in [0.25, 0.3) is 0 Å². The molecule has 0 unspecified atom stereocenters. The van der Waals surface area contributed by atoms with E-state index in [2.05, 4.69) is 266 Å². The molecule has 14 rings (SSSR count). The van der Waals surface area contributed by atoms with E-state index in [1.54, 1.807) is 0 Å². The highest BCUT2D eigenvalue weighted by Crippen LogP contribution is 2.43. The minimum atomic E-state index is 1.09. The molecule has 0 aliphatic carbocycles. The molecule has 71 heavy (non-hydrogen) atoms. The van der Waals surface area contributed by atoms with Crippen molar-refractivity contribution < 1.29 is 0 Å². The predicted octanol–water partition coefficient (Wildman–Crippen LogP) is 20.5. The molecule has 0 aliphatic heterocycles. The summed E-state index contributed by atoms with van der Waals surface area (Å²) in [5.41, 5.74) is 15.3. The molecule has 14 aromatic rings. The lowest BCUT2D eigenvalue weighted by atomic mass is 9.92. The van der Waals surface area contributed by atoms with E-state index in [9.17, 15) is 0 Å². The van der Waals surface area contributed by atoms with Crippen LogP contribution in [0.2, 0.25) is 0 Å². The standard InChI is InChI=1S/C68H43NS2/c1-3-15-57-45(11-1)13-9-19-59(57)47-25-33-55(34-26-47)69(56-35-27-48(28-36-56)60-20-10-14-46-12-2-4-16-58(46)60)54-31-23-44(24-32-54)51-39-52(49-29-37-67-63(42-49)61-17-5-7-21-65(61)70-67)41-53(40-51)50-30-38-68-64(43-50)62-18-6-8-22-66(62)71-68/h1-43H. The fourth-order valence-electron chi connectivity index (χ4n) is 10.7. The average Bonchev–Trinajstić information content (AvgIpc) is 4.01. The number of fused-ring (bicyclic) bond motifs is 8. The summed E-state index contributed by atoms with van der Waals surface area (Å²) in [4.78, 5) is 2.38. The summed E-state index contributed by atoms with van der Waals surface area (Å²) in [5, 5.41) is 10.2. The second kappa shape index (κ2) is 17.1. The second-order valence-electron chi connectivity index (χ2n) is 18.4. The summed E-state index contributed by atoms with van der Waals surface area (Å²) < 4.78 is 5.27. The van der Waals surface area contributed by atoms with Gasteiger partial charge in [-0.3, -0.25) is 0 Å². The second-order valence-corrected chi connectivity index (χ2v) is 20.6. The summed E-state index contributed by atoms with van der Waals surface area (Å²) in [6.45, 7) is 0. The van der Waals surface area contributed by atoms with Gasteiger partial charge >= 0.3 is 0 Å². The Kier molecular flexibility index (Phi) is 9.97. The third-order valence-electron chi connectivity index (χ3n) is 14.3. The number of nitrogens with zero attached hydrogens (tertiary/aromatic N) is 1. The van der Waals surface area contributed by atoms with E-state index in [0.29, 0.717) is 0 Å². The van der Waals surface area contributed by atoms with Gasteiger partial charge in [-0.25, -0.2) is 0 Å². The number of hydrogen-bond donors (Lipinski definition) is 0. The zero-order valence-electron chi connectivity index (χ0n) is 38.6. The first-order valence-electron chi connectivity index (χ1n) is 24.2. The Hall–Kier alpha value is -8.60. The van der Waals surface area contributed by atoms with Crippen LogP contribution >= 0.6 is 22.7 Å². The van der Waals surface area contributed by atoms with Crippen LogP contribution in [-0.4, -0.2) is 0 Å². The highest BCUT2D eigenvalue weighted by atomic mass is 32.1. The number of anilines is 3. The largest absolute Gasteiger partial charge is 0.311 e. The molecule has 0 radical (unpaired) electrons. The van der Waals surface area contributed by atoms with Crippen molar-refractivity contribution in [1.82, 2.24) is 0 Å². The fourth-order valence-corrected chi connectivity index (χ4v) is 12.9. The summed E-state index contributed by atoms with van der Waals surface area (Å²) in [5.74, 6) is 0. The van der Waals surface area contributed by atoms with Crippen molar-refractivity contribution in [1.29, 1.82) is 0 Å². The van der Waals surface area contributed by atoms with Gasteiger partial charge in [0.1, 0.15) is 0 Å². The smallest absolute Gasteiger partial charge is 0.0462 e. The molecule has 0 saturated carbocycles. The first-order valence-corrected chi connectivity index (χ1v) is 25.8. The van der Waals surface area contributed by atoms with Gasteiger partial charge in [0.2, 0.25) is 0 Å². The molecule has 0 bridgehead atoms. The van der Waals surface area contributed by atoms with Crippen LogP contribution in [0, 0.1) is 0 Å². The topological polar surface area (TPSA) is 3.24 Å². The van der Waals surface area contributed by atoms with Gasteiger partial charge in [-0.2, -0.15) is 0 Å². The molecule has 0 saturated heterocycles. The molecule has 332 valence electrons. The van der Waals surface area contributed by atoms with Crippen molar-refractivity contribution in [2.45, 2.75) is 0 Å². The van der Waals surface area contributed by atoms with Gasteiger partial charge < -0.3 is 4.90 Å². The third kappa shape index (κ3) is 7.37. The fraction of sp³-hybridized carbons (Fsp3) is 0. The molecule has 1 nitrogen and oxygen atoms in total. The summed E-state index contributed by atoms with van der Waals surface area (Å²) in [6, 6.07) is 96.4. The van der Waals surface area contributed by atoms with Crippen LogP contribution < -0.4 is 4.90 Å². The van der Waals surface area contributed by atoms with Crippen molar-refractivity contribution >= 4 is 102 Å². The van der Waals surface area contributed by atoms with Crippen LogP contribution in [0.3, 0.4) is 0 Å². The van der Waals surface area contributed by atoms with E-state index in [1.807, 2.05) is 22.7 Å². The van der Waals surface area contributed by atoms with Gasteiger partial charge in [0.15, 0.2) is 0 Å². The molecule has 0 fully saturated rings. The van der Waals surface area contributed by atoms with Crippen molar-refractivity contribution in [3.05, 3.63) is 261 Å². The zero-order chi connectivity index (χ0) is 46.8. The SMILES string of the molecule is c1ccc2c(-c3ccc(N(c4ccc(-c5cc(-c6ccc7sc8ccccc8c7c6)cc(-c6ccc7sc8ccccc8c7c6)c5)cc4)c4ccc(-c5cccc6ccccc56)cc4)cc3)cccc2c1. The molecular weight excluding hydrogens is 895 g/mol. The molecular formula is C68H43NS2. The van der Waals surface area contributed by atoms with Gasteiger partial charge in [0, 0.05) is 57.4 Å². The molecule has 12 aromatic carbocycles. The third-order valence-corrected chi connectivity index (χ3v) is 16.6.